The second-order valence-electron chi connectivity index (χ2n) is 6.08. The maximum absolute atomic E-state index is 12.7. The Labute approximate surface area is 144 Å². The Morgan fingerprint density at radius 3 is 2.40 bits per heavy atom. The molecule has 0 saturated carbocycles. The molecule has 2 aromatic rings. The minimum Gasteiger partial charge on any atom is -0.354 e. The lowest BCUT2D eigenvalue weighted by molar-refractivity contribution is -0.142. The van der Waals surface area contributed by atoms with Gasteiger partial charge in [-0.1, -0.05) is 0 Å². The van der Waals surface area contributed by atoms with Crippen molar-refractivity contribution in [2.24, 2.45) is 0 Å². The van der Waals surface area contributed by atoms with Gasteiger partial charge in [-0.25, -0.2) is 0 Å². The second-order valence-corrected chi connectivity index (χ2v) is 6.08. The van der Waals surface area contributed by atoms with Crippen LogP contribution in [0.3, 0.4) is 0 Å². The summed E-state index contributed by atoms with van der Waals surface area (Å²) in [5, 5.41) is 10.6. The molecule has 0 fully saturated rings. The molecule has 2 rings (SSSR count). The van der Waals surface area contributed by atoms with Gasteiger partial charge in [-0.05, 0) is 46.2 Å². The van der Waals surface area contributed by atoms with E-state index in [0.29, 0.717) is 19.5 Å². The second kappa shape index (κ2) is 7.28. The van der Waals surface area contributed by atoms with E-state index in [-0.39, 0.29) is 11.6 Å². The van der Waals surface area contributed by atoms with Crippen LogP contribution in [0.25, 0.3) is 0 Å². The number of aryl methyl sites for hydroxylation is 4. The Morgan fingerprint density at radius 1 is 1.20 bits per heavy atom. The van der Waals surface area contributed by atoms with E-state index >= 15 is 0 Å². The predicted molar refractivity (Wildman–Crippen MR) is 86.0 cm³/mol. The van der Waals surface area contributed by atoms with Gasteiger partial charge >= 0.3 is 6.18 Å². The first-order valence-electron chi connectivity index (χ1n) is 8.01. The van der Waals surface area contributed by atoms with Crippen molar-refractivity contribution in [3.63, 3.8) is 0 Å². The molecule has 0 aliphatic heterocycles. The quantitative estimate of drug-likeness (QED) is 0.809. The van der Waals surface area contributed by atoms with Crippen molar-refractivity contribution in [2.75, 3.05) is 6.54 Å². The summed E-state index contributed by atoms with van der Waals surface area (Å²) in [6.45, 7) is 7.96. The number of rotatable bonds is 6. The molecule has 9 heteroatoms. The van der Waals surface area contributed by atoms with E-state index in [0.717, 1.165) is 22.1 Å². The largest absolute Gasteiger partial charge is 0.435 e. The molecule has 0 radical (unpaired) electrons. The lowest BCUT2D eigenvalue weighted by atomic mass is 10.3. The molecule has 1 atom stereocenters. The number of amides is 1. The van der Waals surface area contributed by atoms with Gasteiger partial charge in [0.2, 0.25) is 5.91 Å². The Hall–Kier alpha value is -2.32. The Balaban J connectivity index is 1.88. The van der Waals surface area contributed by atoms with Gasteiger partial charge in [-0.2, -0.15) is 23.4 Å². The number of halogens is 3. The highest BCUT2D eigenvalue weighted by Gasteiger charge is 2.35. The van der Waals surface area contributed by atoms with Crippen LogP contribution in [0, 0.1) is 20.8 Å². The third-order valence-electron chi connectivity index (χ3n) is 3.91. The minimum absolute atomic E-state index is 0.289. The average molecular weight is 357 g/mol. The van der Waals surface area contributed by atoms with Crippen LogP contribution >= 0.6 is 0 Å². The summed E-state index contributed by atoms with van der Waals surface area (Å²) >= 11 is 0. The van der Waals surface area contributed by atoms with Gasteiger partial charge in [-0.15, -0.1) is 0 Å². The zero-order valence-electron chi connectivity index (χ0n) is 14.7. The molecule has 138 valence electrons. The first kappa shape index (κ1) is 19.0. The fourth-order valence-corrected chi connectivity index (χ4v) is 2.62. The van der Waals surface area contributed by atoms with Crippen LogP contribution in [-0.2, 0) is 17.5 Å². The summed E-state index contributed by atoms with van der Waals surface area (Å²) < 4.78 is 41.1. The van der Waals surface area contributed by atoms with E-state index in [4.69, 9.17) is 0 Å². The third-order valence-corrected chi connectivity index (χ3v) is 3.91. The molecule has 0 aliphatic carbocycles. The van der Waals surface area contributed by atoms with Crippen LogP contribution in [0.4, 0.5) is 13.2 Å². The highest BCUT2D eigenvalue weighted by molar-refractivity contribution is 5.79. The highest BCUT2D eigenvalue weighted by atomic mass is 19.4. The molecule has 2 aromatic heterocycles. The number of nitrogens with one attached hydrogen (secondary N) is 1. The van der Waals surface area contributed by atoms with Crippen LogP contribution in [0.15, 0.2) is 12.1 Å². The topological polar surface area (TPSA) is 64.7 Å². The van der Waals surface area contributed by atoms with Crippen molar-refractivity contribution in [2.45, 2.75) is 52.9 Å². The maximum Gasteiger partial charge on any atom is 0.435 e. The van der Waals surface area contributed by atoms with Crippen molar-refractivity contribution < 1.29 is 18.0 Å². The Kier molecular flexibility index (Phi) is 5.54. The van der Waals surface area contributed by atoms with E-state index in [1.54, 1.807) is 0 Å². The molecular weight excluding hydrogens is 335 g/mol. The number of carbonyl (C=O) groups excluding carboxylic acids is 1. The lowest BCUT2D eigenvalue weighted by Crippen LogP contribution is -2.33. The van der Waals surface area contributed by atoms with Gasteiger partial charge in [0.1, 0.15) is 6.04 Å². The average Bonchev–Trinajstić information content (AvgIpc) is 3.04. The summed E-state index contributed by atoms with van der Waals surface area (Å²) in [5.41, 5.74) is 1.28. The van der Waals surface area contributed by atoms with Gasteiger partial charge < -0.3 is 5.32 Å². The standard InChI is InChI=1S/C16H22F3N5O/c1-10-8-11(2)23(21-10)7-5-6-20-15(25)13(4)24-12(3)9-14(22-24)16(17,18)19/h8-9,13H,5-7H2,1-4H3,(H,20,25). The van der Waals surface area contributed by atoms with Gasteiger partial charge in [0.05, 0.1) is 5.69 Å². The number of aromatic nitrogens is 4. The summed E-state index contributed by atoms with van der Waals surface area (Å²) in [4.78, 5) is 12.2. The number of hydrogen-bond acceptors (Lipinski definition) is 3. The van der Waals surface area contributed by atoms with Crippen LogP contribution in [-0.4, -0.2) is 32.0 Å². The maximum atomic E-state index is 12.7. The predicted octanol–water partition coefficient (Wildman–Crippen LogP) is 2.79. The molecule has 1 unspecified atom stereocenters. The van der Waals surface area contributed by atoms with Gasteiger partial charge in [0, 0.05) is 24.5 Å². The van der Waals surface area contributed by atoms with E-state index in [9.17, 15) is 18.0 Å². The summed E-state index contributed by atoms with van der Waals surface area (Å²) in [5.74, 6) is -0.367. The molecule has 0 bridgehead atoms. The van der Waals surface area contributed by atoms with Crippen LogP contribution in [0.1, 0.15) is 42.2 Å². The summed E-state index contributed by atoms with van der Waals surface area (Å²) in [6, 6.07) is 2.09. The summed E-state index contributed by atoms with van der Waals surface area (Å²) in [6.07, 6.45) is -3.85. The van der Waals surface area contributed by atoms with Crippen LogP contribution < -0.4 is 5.32 Å². The van der Waals surface area contributed by atoms with E-state index in [1.807, 2.05) is 24.6 Å². The van der Waals surface area contributed by atoms with Gasteiger partial charge in [0.15, 0.2) is 5.69 Å². The lowest BCUT2D eigenvalue weighted by Gasteiger charge is -2.14. The van der Waals surface area contributed by atoms with Crippen molar-refractivity contribution in [1.82, 2.24) is 24.9 Å². The van der Waals surface area contributed by atoms with Gasteiger partial charge in [-0.3, -0.25) is 14.2 Å². The van der Waals surface area contributed by atoms with Gasteiger partial charge in [0.25, 0.3) is 0 Å². The smallest absolute Gasteiger partial charge is 0.354 e. The minimum atomic E-state index is -4.52. The third kappa shape index (κ3) is 4.61. The molecule has 6 nitrogen and oxygen atoms in total. The van der Waals surface area contributed by atoms with E-state index < -0.39 is 17.9 Å². The molecule has 1 amide bonds. The molecular formula is C16H22F3N5O. The number of hydrogen-bond donors (Lipinski definition) is 1. The normalized spacial score (nSPS) is 13.1. The Morgan fingerprint density at radius 2 is 1.88 bits per heavy atom. The van der Waals surface area contributed by atoms with E-state index in [2.05, 4.69) is 15.5 Å². The zero-order valence-corrected chi connectivity index (χ0v) is 14.7. The Bertz CT molecular complexity index is 748. The van der Waals surface area contributed by atoms with Crippen molar-refractivity contribution in [1.29, 1.82) is 0 Å². The SMILES string of the molecule is Cc1cc(C)n(CCCNC(=O)C(C)n2nc(C(F)(F)F)cc2C)n1. The monoisotopic (exact) mass is 357 g/mol. The fourth-order valence-electron chi connectivity index (χ4n) is 2.62. The van der Waals surface area contributed by atoms with Crippen molar-refractivity contribution in [3.05, 3.63) is 34.9 Å². The van der Waals surface area contributed by atoms with Crippen LogP contribution in [0.5, 0.6) is 0 Å². The number of alkyl halides is 3. The van der Waals surface area contributed by atoms with Crippen molar-refractivity contribution in [3.8, 4) is 0 Å². The van der Waals surface area contributed by atoms with Crippen LogP contribution in [0.2, 0.25) is 0 Å². The number of carbonyl (C=O) groups is 1. The first-order valence-corrected chi connectivity index (χ1v) is 8.01. The molecule has 2 heterocycles. The van der Waals surface area contributed by atoms with Crippen molar-refractivity contribution >= 4 is 5.91 Å². The molecule has 0 aromatic carbocycles. The van der Waals surface area contributed by atoms with E-state index in [1.165, 1.54) is 13.8 Å². The molecule has 1 N–H and O–H groups in total. The fraction of sp³-hybridized carbons (Fsp3) is 0.562. The first-order chi connectivity index (χ1) is 11.6. The zero-order chi connectivity index (χ0) is 18.8. The molecule has 0 saturated heterocycles. The highest BCUT2D eigenvalue weighted by Crippen LogP contribution is 2.29. The molecule has 25 heavy (non-hydrogen) atoms. The molecule has 0 aliphatic rings. The summed E-state index contributed by atoms with van der Waals surface area (Å²) in [7, 11) is 0. The number of nitrogens with zero attached hydrogens (tertiary/aromatic N) is 4. The molecule has 0 spiro atoms.